The first kappa shape index (κ1) is 16.2. The minimum atomic E-state index is -1.05. The Bertz CT molecular complexity index is 467. The molecule has 6 nitrogen and oxygen atoms in total. The zero-order valence-electron chi connectivity index (χ0n) is 11.4. The highest BCUT2D eigenvalue weighted by molar-refractivity contribution is 7.99. The second-order valence-corrected chi connectivity index (χ2v) is 5.37. The number of anilines is 1. The minimum Gasteiger partial charge on any atom is -0.482 e. The lowest BCUT2D eigenvalue weighted by molar-refractivity contribution is -0.139. The molecule has 0 aliphatic heterocycles. The number of rotatable bonds is 7. The van der Waals surface area contributed by atoms with Crippen LogP contribution in [0.15, 0.2) is 24.3 Å². The summed E-state index contributed by atoms with van der Waals surface area (Å²) in [6.07, 6.45) is 1.98. The summed E-state index contributed by atoms with van der Waals surface area (Å²) in [7, 11) is 0. The Hall–Kier alpha value is -1.89. The molecule has 0 heterocycles. The average molecular weight is 298 g/mol. The predicted octanol–water partition coefficient (Wildman–Crippen LogP) is 2.02. The van der Waals surface area contributed by atoms with Crippen molar-refractivity contribution in [2.45, 2.75) is 12.2 Å². The Kier molecular flexibility index (Phi) is 6.72. The highest BCUT2D eigenvalue weighted by Crippen LogP contribution is 2.17. The van der Waals surface area contributed by atoms with Gasteiger partial charge in [0, 0.05) is 23.5 Å². The van der Waals surface area contributed by atoms with E-state index in [1.165, 1.54) is 0 Å². The molecule has 7 heteroatoms. The number of carbonyl (C=O) groups excluding carboxylic acids is 1. The molecule has 0 saturated heterocycles. The largest absolute Gasteiger partial charge is 0.482 e. The van der Waals surface area contributed by atoms with Crippen LogP contribution in [0.2, 0.25) is 0 Å². The fourth-order valence-electron chi connectivity index (χ4n) is 1.30. The SMILES string of the molecule is CSC(C)CNC(=O)Nc1cccc(OCC(=O)O)c1. The third-order valence-corrected chi connectivity index (χ3v) is 3.38. The summed E-state index contributed by atoms with van der Waals surface area (Å²) in [6, 6.07) is 6.27. The zero-order chi connectivity index (χ0) is 15.0. The van der Waals surface area contributed by atoms with Gasteiger partial charge in [0.05, 0.1) is 0 Å². The Labute approximate surface area is 121 Å². The van der Waals surface area contributed by atoms with Crippen LogP contribution in [0.4, 0.5) is 10.5 Å². The van der Waals surface area contributed by atoms with Crippen molar-refractivity contribution in [1.82, 2.24) is 5.32 Å². The summed E-state index contributed by atoms with van der Waals surface area (Å²) >= 11 is 1.67. The molecule has 0 spiro atoms. The first-order valence-electron chi connectivity index (χ1n) is 6.03. The van der Waals surface area contributed by atoms with Crippen LogP contribution in [0.25, 0.3) is 0 Å². The summed E-state index contributed by atoms with van der Waals surface area (Å²) in [4.78, 5) is 22.0. The van der Waals surface area contributed by atoms with Gasteiger partial charge >= 0.3 is 12.0 Å². The molecule has 1 unspecified atom stereocenters. The third kappa shape index (κ3) is 6.33. The van der Waals surface area contributed by atoms with Gasteiger partial charge in [-0.15, -0.1) is 0 Å². The van der Waals surface area contributed by atoms with Crippen LogP contribution in [-0.2, 0) is 4.79 Å². The highest BCUT2D eigenvalue weighted by Gasteiger charge is 2.05. The number of carbonyl (C=O) groups is 2. The van der Waals surface area contributed by atoms with Crippen LogP contribution in [0.3, 0.4) is 0 Å². The maximum atomic E-state index is 11.6. The van der Waals surface area contributed by atoms with Crippen molar-refractivity contribution in [3.05, 3.63) is 24.3 Å². The molecule has 0 aliphatic rings. The van der Waals surface area contributed by atoms with Gasteiger partial charge < -0.3 is 20.5 Å². The molecule has 2 amide bonds. The van der Waals surface area contributed by atoms with Crippen LogP contribution >= 0.6 is 11.8 Å². The van der Waals surface area contributed by atoms with Gasteiger partial charge in [0.2, 0.25) is 0 Å². The number of hydrogen-bond acceptors (Lipinski definition) is 4. The Balaban J connectivity index is 2.48. The molecular formula is C13H18N2O4S. The molecule has 1 atom stereocenters. The second kappa shape index (κ2) is 8.31. The molecule has 0 fully saturated rings. The topological polar surface area (TPSA) is 87.7 Å². The maximum absolute atomic E-state index is 11.6. The van der Waals surface area contributed by atoms with E-state index in [0.29, 0.717) is 23.2 Å². The lowest BCUT2D eigenvalue weighted by Crippen LogP contribution is -2.33. The summed E-state index contributed by atoms with van der Waals surface area (Å²) in [6.45, 7) is 2.18. The molecule has 0 radical (unpaired) electrons. The van der Waals surface area contributed by atoms with Crippen molar-refractivity contribution in [3.8, 4) is 5.75 Å². The van der Waals surface area contributed by atoms with Crippen molar-refractivity contribution in [3.63, 3.8) is 0 Å². The van der Waals surface area contributed by atoms with E-state index in [1.807, 2.05) is 13.2 Å². The average Bonchev–Trinajstić information content (AvgIpc) is 2.43. The number of urea groups is 1. The van der Waals surface area contributed by atoms with Gasteiger partial charge in [-0.05, 0) is 18.4 Å². The van der Waals surface area contributed by atoms with Gasteiger partial charge in [-0.25, -0.2) is 9.59 Å². The predicted molar refractivity (Wildman–Crippen MR) is 79.6 cm³/mol. The normalized spacial score (nSPS) is 11.5. The second-order valence-electron chi connectivity index (χ2n) is 4.09. The Morgan fingerprint density at radius 3 is 2.85 bits per heavy atom. The zero-order valence-corrected chi connectivity index (χ0v) is 12.2. The third-order valence-electron chi connectivity index (χ3n) is 2.41. The number of ether oxygens (including phenoxy) is 1. The van der Waals surface area contributed by atoms with E-state index in [4.69, 9.17) is 9.84 Å². The van der Waals surface area contributed by atoms with E-state index in [2.05, 4.69) is 10.6 Å². The van der Waals surface area contributed by atoms with E-state index in [9.17, 15) is 9.59 Å². The smallest absolute Gasteiger partial charge is 0.341 e. The van der Waals surface area contributed by atoms with Crippen molar-refractivity contribution >= 4 is 29.4 Å². The van der Waals surface area contributed by atoms with Crippen LogP contribution < -0.4 is 15.4 Å². The number of nitrogens with one attached hydrogen (secondary N) is 2. The Morgan fingerprint density at radius 1 is 1.45 bits per heavy atom. The maximum Gasteiger partial charge on any atom is 0.341 e. The quantitative estimate of drug-likeness (QED) is 0.717. The standard InChI is InChI=1S/C13H18N2O4S/c1-9(20-2)7-14-13(18)15-10-4-3-5-11(6-10)19-8-12(16)17/h3-6,9H,7-8H2,1-2H3,(H,16,17)(H2,14,15,18). The van der Waals surface area contributed by atoms with Gasteiger partial charge in [0.15, 0.2) is 6.61 Å². The number of hydrogen-bond donors (Lipinski definition) is 3. The van der Waals surface area contributed by atoms with Crippen LogP contribution in [-0.4, -0.2) is 41.8 Å². The Morgan fingerprint density at radius 2 is 2.20 bits per heavy atom. The molecule has 110 valence electrons. The molecule has 0 aromatic heterocycles. The van der Waals surface area contributed by atoms with E-state index in [1.54, 1.807) is 36.0 Å². The first-order valence-corrected chi connectivity index (χ1v) is 7.32. The minimum absolute atomic E-state index is 0.304. The number of carboxylic acids is 1. The molecule has 0 aliphatic carbocycles. The van der Waals surface area contributed by atoms with Gasteiger partial charge in [0.1, 0.15) is 5.75 Å². The van der Waals surface area contributed by atoms with Gasteiger partial charge in [0.25, 0.3) is 0 Å². The van der Waals surface area contributed by atoms with Crippen LogP contribution in [0, 0.1) is 0 Å². The highest BCUT2D eigenvalue weighted by atomic mass is 32.2. The molecule has 0 bridgehead atoms. The molecule has 3 N–H and O–H groups in total. The fraction of sp³-hybridized carbons (Fsp3) is 0.385. The van der Waals surface area contributed by atoms with Crippen molar-refractivity contribution in [2.24, 2.45) is 0 Å². The lowest BCUT2D eigenvalue weighted by atomic mass is 10.3. The summed E-state index contributed by atoms with van der Waals surface area (Å²) in [5.74, 6) is -0.658. The van der Waals surface area contributed by atoms with E-state index < -0.39 is 12.6 Å². The molecule has 1 aromatic rings. The van der Waals surface area contributed by atoms with Crippen LogP contribution in [0.5, 0.6) is 5.75 Å². The van der Waals surface area contributed by atoms with Gasteiger partial charge in [-0.3, -0.25) is 0 Å². The number of thioether (sulfide) groups is 1. The number of amides is 2. The van der Waals surface area contributed by atoms with E-state index in [0.717, 1.165) is 0 Å². The number of benzene rings is 1. The fourth-order valence-corrected chi connectivity index (χ4v) is 1.55. The van der Waals surface area contributed by atoms with Crippen LogP contribution in [0.1, 0.15) is 6.92 Å². The van der Waals surface area contributed by atoms with E-state index in [-0.39, 0.29) is 6.03 Å². The summed E-state index contributed by atoms with van der Waals surface area (Å²) in [5.41, 5.74) is 0.544. The molecule has 20 heavy (non-hydrogen) atoms. The molecule has 1 aromatic carbocycles. The van der Waals surface area contributed by atoms with Crippen molar-refractivity contribution in [2.75, 3.05) is 24.7 Å². The number of carboxylic acid groups (broad SMARTS) is 1. The lowest BCUT2D eigenvalue weighted by Gasteiger charge is -2.11. The monoisotopic (exact) mass is 298 g/mol. The first-order chi connectivity index (χ1) is 9.51. The summed E-state index contributed by atoms with van der Waals surface area (Å²) < 4.78 is 5.03. The molecule has 0 saturated carbocycles. The van der Waals surface area contributed by atoms with Crippen molar-refractivity contribution in [1.29, 1.82) is 0 Å². The van der Waals surface area contributed by atoms with Gasteiger partial charge in [-0.2, -0.15) is 11.8 Å². The van der Waals surface area contributed by atoms with E-state index >= 15 is 0 Å². The molecular weight excluding hydrogens is 280 g/mol. The molecule has 1 rings (SSSR count). The van der Waals surface area contributed by atoms with Crippen molar-refractivity contribution < 1.29 is 19.4 Å². The summed E-state index contributed by atoms with van der Waals surface area (Å²) in [5, 5.41) is 14.3. The number of aliphatic carboxylic acids is 1. The van der Waals surface area contributed by atoms with Gasteiger partial charge in [-0.1, -0.05) is 13.0 Å².